The Morgan fingerprint density at radius 3 is 2.50 bits per heavy atom. The van der Waals surface area contributed by atoms with E-state index in [1.54, 1.807) is 0 Å². The number of aromatic nitrogens is 3. The van der Waals surface area contributed by atoms with Crippen LogP contribution in [0.25, 0.3) is 0 Å². The Labute approximate surface area is 108 Å². The molecule has 0 saturated carbocycles. The molecule has 1 aromatic carbocycles. The summed E-state index contributed by atoms with van der Waals surface area (Å²) in [6.45, 7) is 0. The molecule has 2 rings (SSSR count). The van der Waals surface area contributed by atoms with Crippen LogP contribution >= 0.6 is 12.4 Å². The number of nitro groups is 1. The van der Waals surface area contributed by atoms with Crippen LogP contribution in [-0.2, 0) is 6.42 Å². The zero-order chi connectivity index (χ0) is 12.3. The average molecular weight is 269 g/mol. The van der Waals surface area contributed by atoms with Crippen molar-refractivity contribution in [2.45, 2.75) is 6.42 Å². The highest BCUT2D eigenvalue weighted by atomic mass is 35.5. The van der Waals surface area contributed by atoms with Gasteiger partial charge in [-0.3, -0.25) is 20.0 Å². The first kappa shape index (κ1) is 13.8. The molecule has 1 N–H and O–H groups in total. The molecule has 1 heterocycles. The number of H-pyrrole nitrogens is 1. The molecule has 0 unspecified atom stereocenters. The molecule has 0 atom stereocenters. The van der Waals surface area contributed by atoms with Crippen LogP contribution in [0.3, 0.4) is 0 Å². The van der Waals surface area contributed by atoms with Crippen molar-refractivity contribution in [2.24, 2.45) is 0 Å². The molecule has 0 spiro atoms. The highest BCUT2D eigenvalue weighted by Gasteiger charge is 2.11. The molecule has 0 aliphatic rings. The number of nitrogens with zero attached hydrogens (tertiary/aromatic N) is 3. The Morgan fingerprint density at radius 2 is 2.00 bits per heavy atom. The number of Topliss-reactive ketones (excluding diaryl/α,β-unsaturated/α-hetero) is 1. The van der Waals surface area contributed by atoms with Gasteiger partial charge in [0.1, 0.15) is 12.2 Å². The van der Waals surface area contributed by atoms with Crippen LogP contribution < -0.4 is 0 Å². The van der Waals surface area contributed by atoms with Crippen LogP contribution in [0.2, 0.25) is 0 Å². The molecule has 2 aromatic rings. The second-order valence-electron chi connectivity index (χ2n) is 3.34. The van der Waals surface area contributed by atoms with Gasteiger partial charge in [0, 0.05) is 17.7 Å². The third-order valence-corrected chi connectivity index (χ3v) is 2.19. The summed E-state index contributed by atoms with van der Waals surface area (Å²) in [7, 11) is 0. The number of aromatic amines is 1. The number of nitro benzene ring substituents is 1. The van der Waals surface area contributed by atoms with Gasteiger partial charge in [0.05, 0.1) is 11.3 Å². The van der Waals surface area contributed by atoms with E-state index in [1.807, 2.05) is 0 Å². The Morgan fingerprint density at radius 1 is 1.33 bits per heavy atom. The summed E-state index contributed by atoms with van der Waals surface area (Å²) < 4.78 is 0. The molecule has 7 nitrogen and oxygen atoms in total. The lowest BCUT2D eigenvalue weighted by atomic mass is 10.1. The maximum absolute atomic E-state index is 11.7. The molecular weight excluding hydrogens is 260 g/mol. The van der Waals surface area contributed by atoms with Gasteiger partial charge in [0.25, 0.3) is 5.69 Å². The lowest BCUT2D eigenvalue weighted by Crippen LogP contribution is -2.05. The van der Waals surface area contributed by atoms with Gasteiger partial charge in [-0.2, -0.15) is 5.10 Å². The number of carbonyl (C=O) groups is 1. The third kappa shape index (κ3) is 3.11. The number of nitrogens with one attached hydrogen (secondary N) is 1. The van der Waals surface area contributed by atoms with Crippen LogP contribution in [0.15, 0.2) is 30.6 Å². The van der Waals surface area contributed by atoms with Crippen molar-refractivity contribution < 1.29 is 9.72 Å². The molecule has 0 saturated heterocycles. The van der Waals surface area contributed by atoms with E-state index < -0.39 is 4.92 Å². The van der Waals surface area contributed by atoms with Gasteiger partial charge in [-0.25, -0.2) is 4.98 Å². The fraction of sp³-hybridized carbons (Fsp3) is 0.100. The van der Waals surface area contributed by atoms with Crippen molar-refractivity contribution in [3.8, 4) is 0 Å². The molecule has 0 fully saturated rings. The average Bonchev–Trinajstić information content (AvgIpc) is 2.82. The number of halogens is 1. The van der Waals surface area contributed by atoms with Crippen LogP contribution in [0.4, 0.5) is 5.69 Å². The van der Waals surface area contributed by atoms with E-state index in [0.29, 0.717) is 11.4 Å². The van der Waals surface area contributed by atoms with Crippen LogP contribution in [-0.4, -0.2) is 25.9 Å². The first-order chi connectivity index (χ1) is 8.16. The lowest BCUT2D eigenvalue weighted by molar-refractivity contribution is -0.384. The summed E-state index contributed by atoms with van der Waals surface area (Å²) in [6.07, 6.45) is 1.41. The number of benzene rings is 1. The van der Waals surface area contributed by atoms with Gasteiger partial charge < -0.3 is 0 Å². The molecule has 94 valence electrons. The maximum atomic E-state index is 11.7. The molecule has 0 aliphatic heterocycles. The molecule has 18 heavy (non-hydrogen) atoms. The molecular formula is C10H9ClN4O3. The molecule has 0 radical (unpaired) electrons. The largest absolute Gasteiger partial charge is 0.294 e. The second kappa shape index (κ2) is 5.87. The summed E-state index contributed by atoms with van der Waals surface area (Å²) in [4.78, 5) is 25.5. The standard InChI is InChI=1S/C10H8N4O3.ClH/c15-9(5-10-11-6-12-13-10)7-1-3-8(4-2-7)14(16)17;/h1-4,6H,5H2,(H,11,12,13);1H. The Balaban J connectivity index is 0.00000162. The van der Waals surface area contributed by atoms with Gasteiger partial charge in [-0.1, -0.05) is 0 Å². The van der Waals surface area contributed by atoms with Gasteiger partial charge in [-0.15, -0.1) is 12.4 Å². The summed E-state index contributed by atoms with van der Waals surface area (Å²) in [5, 5.41) is 16.6. The summed E-state index contributed by atoms with van der Waals surface area (Å²) in [5.41, 5.74) is 0.369. The number of non-ortho nitro benzene ring substituents is 1. The minimum Gasteiger partial charge on any atom is -0.294 e. The molecule has 0 amide bonds. The van der Waals surface area contributed by atoms with E-state index in [1.165, 1.54) is 30.6 Å². The van der Waals surface area contributed by atoms with Crippen molar-refractivity contribution in [1.29, 1.82) is 0 Å². The number of hydrogen-bond acceptors (Lipinski definition) is 5. The SMILES string of the molecule is Cl.O=C(Cc1ncn[nH]1)c1ccc([N+](=O)[O-])cc1. The van der Waals surface area contributed by atoms with E-state index in [2.05, 4.69) is 15.2 Å². The minimum atomic E-state index is -0.509. The van der Waals surface area contributed by atoms with Crippen molar-refractivity contribution in [2.75, 3.05) is 0 Å². The minimum absolute atomic E-state index is 0. The smallest absolute Gasteiger partial charge is 0.269 e. The summed E-state index contributed by atoms with van der Waals surface area (Å²) >= 11 is 0. The van der Waals surface area contributed by atoms with Crippen LogP contribution in [0, 0.1) is 10.1 Å². The summed E-state index contributed by atoms with van der Waals surface area (Å²) in [6, 6.07) is 5.45. The Bertz CT molecular complexity index is 539. The number of hydrogen-bond donors (Lipinski definition) is 1. The number of ketones is 1. The van der Waals surface area contributed by atoms with Crippen LogP contribution in [0.5, 0.6) is 0 Å². The van der Waals surface area contributed by atoms with E-state index in [0.717, 1.165) is 0 Å². The third-order valence-electron chi connectivity index (χ3n) is 2.19. The van der Waals surface area contributed by atoms with Gasteiger partial charge in [-0.05, 0) is 12.1 Å². The predicted molar refractivity (Wildman–Crippen MR) is 64.8 cm³/mol. The summed E-state index contributed by atoms with van der Waals surface area (Å²) in [5.74, 6) is 0.296. The van der Waals surface area contributed by atoms with Crippen molar-refractivity contribution in [3.63, 3.8) is 0 Å². The first-order valence-corrected chi connectivity index (χ1v) is 4.78. The Hall–Kier alpha value is -2.28. The monoisotopic (exact) mass is 268 g/mol. The lowest BCUT2D eigenvalue weighted by Gasteiger charge is -1.98. The quantitative estimate of drug-likeness (QED) is 0.515. The Kier molecular flexibility index (Phi) is 4.50. The fourth-order valence-corrected chi connectivity index (χ4v) is 1.34. The molecule has 1 aromatic heterocycles. The number of carbonyl (C=O) groups excluding carboxylic acids is 1. The molecule has 0 bridgehead atoms. The predicted octanol–water partition coefficient (Wildman–Crippen LogP) is 1.56. The second-order valence-corrected chi connectivity index (χ2v) is 3.34. The van der Waals surface area contributed by atoms with E-state index in [4.69, 9.17) is 0 Å². The highest BCUT2D eigenvalue weighted by molar-refractivity contribution is 5.97. The number of rotatable bonds is 4. The highest BCUT2D eigenvalue weighted by Crippen LogP contribution is 2.13. The zero-order valence-corrected chi connectivity index (χ0v) is 9.88. The van der Waals surface area contributed by atoms with E-state index >= 15 is 0 Å². The van der Waals surface area contributed by atoms with Gasteiger partial charge in [0.2, 0.25) is 0 Å². The van der Waals surface area contributed by atoms with Crippen molar-refractivity contribution in [1.82, 2.24) is 15.2 Å². The topological polar surface area (TPSA) is 102 Å². The first-order valence-electron chi connectivity index (χ1n) is 4.78. The van der Waals surface area contributed by atoms with E-state index in [9.17, 15) is 14.9 Å². The maximum Gasteiger partial charge on any atom is 0.269 e. The van der Waals surface area contributed by atoms with Crippen molar-refractivity contribution >= 4 is 23.9 Å². The normalized spacial score (nSPS) is 9.56. The molecule has 0 aliphatic carbocycles. The van der Waals surface area contributed by atoms with Crippen molar-refractivity contribution in [3.05, 3.63) is 52.1 Å². The van der Waals surface area contributed by atoms with Crippen LogP contribution in [0.1, 0.15) is 16.2 Å². The van der Waals surface area contributed by atoms with Gasteiger partial charge in [0.15, 0.2) is 5.78 Å². The zero-order valence-electron chi connectivity index (χ0n) is 9.07. The molecule has 8 heteroatoms. The van der Waals surface area contributed by atoms with E-state index in [-0.39, 0.29) is 30.3 Å². The fourth-order valence-electron chi connectivity index (χ4n) is 1.34. The van der Waals surface area contributed by atoms with Gasteiger partial charge >= 0.3 is 0 Å².